The molecule has 0 saturated carbocycles. The van der Waals surface area contributed by atoms with Crippen molar-refractivity contribution in [2.75, 3.05) is 14.2 Å². The van der Waals surface area contributed by atoms with Gasteiger partial charge in [0.25, 0.3) is 0 Å². The zero-order valence-electron chi connectivity index (χ0n) is 12.0. The van der Waals surface area contributed by atoms with Crippen molar-refractivity contribution in [2.24, 2.45) is 5.73 Å². The first-order valence-electron chi connectivity index (χ1n) is 6.49. The van der Waals surface area contributed by atoms with Crippen molar-refractivity contribution < 1.29 is 9.26 Å². The van der Waals surface area contributed by atoms with E-state index < -0.39 is 0 Å². The maximum absolute atomic E-state index is 5.45. The third kappa shape index (κ3) is 3.34. The molecule has 0 spiro atoms. The van der Waals surface area contributed by atoms with Gasteiger partial charge in [0, 0.05) is 6.04 Å². The van der Waals surface area contributed by atoms with E-state index in [9.17, 15) is 0 Å². The Hall–Kier alpha value is -1.92. The van der Waals surface area contributed by atoms with Crippen LogP contribution in [0.1, 0.15) is 30.2 Å². The molecule has 2 rings (SSSR count). The van der Waals surface area contributed by atoms with Gasteiger partial charge in [0.15, 0.2) is 5.82 Å². The van der Waals surface area contributed by atoms with Crippen LogP contribution in [0.25, 0.3) is 0 Å². The number of nitrogens with two attached hydrogens (primary N) is 1. The summed E-state index contributed by atoms with van der Waals surface area (Å²) in [5.41, 5.74) is 6.65. The molecule has 1 unspecified atom stereocenters. The summed E-state index contributed by atoms with van der Waals surface area (Å²) < 4.78 is 10.2. The van der Waals surface area contributed by atoms with Gasteiger partial charge in [-0.1, -0.05) is 17.3 Å². The lowest BCUT2D eigenvalue weighted by Crippen LogP contribution is -2.22. The van der Waals surface area contributed by atoms with Crippen molar-refractivity contribution in [1.29, 1.82) is 0 Å². The van der Waals surface area contributed by atoms with Crippen LogP contribution in [0.5, 0.6) is 5.75 Å². The molecule has 0 amide bonds. The standard InChI is InChI=1S/C14H20N4O2/c1-10(11-4-6-12(19-3)7-5-11)18(2)9-13-16-14(8-15)20-17-13/h4-7,10H,8-9,15H2,1-3H3. The molecule has 2 aromatic rings. The molecule has 0 saturated heterocycles. The molecule has 1 heterocycles. The summed E-state index contributed by atoms with van der Waals surface area (Å²) >= 11 is 0. The fourth-order valence-corrected chi connectivity index (χ4v) is 1.93. The summed E-state index contributed by atoms with van der Waals surface area (Å²) in [4.78, 5) is 6.35. The number of ether oxygens (including phenoxy) is 1. The third-order valence-electron chi connectivity index (χ3n) is 3.33. The minimum absolute atomic E-state index is 0.237. The average Bonchev–Trinajstić information content (AvgIpc) is 2.94. The second kappa shape index (κ2) is 6.49. The summed E-state index contributed by atoms with van der Waals surface area (Å²) in [6.07, 6.45) is 0. The summed E-state index contributed by atoms with van der Waals surface area (Å²) in [6, 6.07) is 8.27. The van der Waals surface area contributed by atoms with Crippen molar-refractivity contribution in [3.05, 3.63) is 41.5 Å². The number of methoxy groups -OCH3 is 1. The van der Waals surface area contributed by atoms with Gasteiger partial charge in [0.05, 0.1) is 20.2 Å². The highest BCUT2D eigenvalue weighted by atomic mass is 16.5. The van der Waals surface area contributed by atoms with Gasteiger partial charge < -0.3 is 15.0 Å². The molecular weight excluding hydrogens is 256 g/mol. The molecule has 108 valence electrons. The number of rotatable bonds is 6. The minimum atomic E-state index is 0.237. The van der Waals surface area contributed by atoms with E-state index >= 15 is 0 Å². The van der Waals surface area contributed by atoms with Crippen LogP contribution < -0.4 is 10.5 Å². The maximum atomic E-state index is 5.45. The van der Waals surface area contributed by atoms with E-state index in [1.807, 2.05) is 19.2 Å². The summed E-state index contributed by atoms with van der Waals surface area (Å²) in [5, 5.41) is 3.90. The van der Waals surface area contributed by atoms with Gasteiger partial charge in [-0.3, -0.25) is 4.90 Å². The summed E-state index contributed by atoms with van der Waals surface area (Å²) in [5.74, 6) is 1.97. The van der Waals surface area contributed by atoms with E-state index in [0.717, 1.165) is 5.75 Å². The maximum Gasteiger partial charge on any atom is 0.240 e. The molecular formula is C14H20N4O2. The lowest BCUT2D eigenvalue weighted by molar-refractivity contribution is 0.242. The second-order valence-electron chi connectivity index (χ2n) is 4.67. The van der Waals surface area contributed by atoms with Gasteiger partial charge in [-0.2, -0.15) is 4.98 Å². The van der Waals surface area contributed by atoms with Crippen LogP contribution in [0.4, 0.5) is 0 Å². The first kappa shape index (κ1) is 14.5. The first-order valence-corrected chi connectivity index (χ1v) is 6.49. The van der Waals surface area contributed by atoms with Crippen LogP contribution in [0.3, 0.4) is 0 Å². The van der Waals surface area contributed by atoms with Gasteiger partial charge in [0.1, 0.15) is 5.75 Å². The van der Waals surface area contributed by atoms with Gasteiger partial charge >= 0.3 is 0 Å². The Labute approximate surface area is 118 Å². The van der Waals surface area contributed by atoms with Crippen molar-refractivity contribution in [3.63, 3.8) is 0 Å². The second-order valence-corrected chi connectivity index (χ2v) is 4.67. The number of hydrogen-bond donors (Lipinski definition) is 1. The largest absolute Gasteiger partial charge is 0.497 e. The first-order chi connectivity index (χ1) is 9.63. The number of aromatic nitrogens is 2. The van der Waals surface area contributed by atoms with Gasteiger partial charge in [-0.25, -0.2) is 0 Å². The van der Waals surface area contributed by atoms with Crippen molar-refractivity contribution in [2.45, 2.75) is 26.1 Å². The van der Waals surface area contributed by atoms with E-state index in [2.05, 4.69) is 34.1 Å². The molecule has 20 heavy (non-hydrogen) atoms. The molecule has 6 nitrogen and oxygen atoms in total. The van der Waals surface area contributed by atoms with Gasteiger partial charge in [-0.15, -0.1) is 0 Å². The number of nitrogens with zero attached hydrogens (tertiary/aromatic N) is 3. The Kier molecular flexibility index (Phi) is 4.70. The number of benzene rings is 1. The fourth-order valence-electron chi connectivity index (χ4n) is 1.93. The highest BCUT2D eigenvalue weighted by Crippen LogP contribution is 2.22. The van der Waals surface area contributed by atoms with E-state index in [-0.39, 0.29) is 12.6 Å². The molecule has 0 fully saturated rings. The average molecular weight is 276 g/mol. The zero-order chi connectivity index (χ0) is 14.5. The SMILES string of the molecule is COc1ccc(C(C)N(C)Cc2noc(CN)n2)cc1. The Balaban J connectivity index is 2.01. The number of hydrogen-bond acceptors (Lipinski definition) is 6. The van der Waals surface area contributed by atoms with Crippen molar-refractivity contribution in [3.8, 4) is 5.75 Å². The monoisotopic (exact) mass is 276 g/mol. The molecule has 0 bridgehead atoms. The highest BCUT2D eigenvalue weighted by Gasteiger charge is 2.15. The Morgan fingerprint density at radius 2 is 2.05 bits per heavy atom. The molecule has 1 aromatic carbocycles. The summed E-state index contributed by atoms with van der Waals surface area (Å²) in [6.45, 7) is 3.01. The smallest absolute Gasteiger partial charge is 0.240 e. The molecule has 0 aliphatic carbocycles. The predicted octanol–water partition coefficient (Wildman–Crippen LogP) is 1.73. The van der Waals surface area contributed by atoms with Crippen LogP contribution in [0.15, 0.2) is 28.8 Å². The van der Waals surface area contributed by atoms with Crippen LogP contribution in [0, 0.1) is 0 Å². The molecule has 2 N–H and O–H groups in total. The Bertz CT molecular complexity index is 538. The minimum Gasteiger partial charge on any atom is -0.497 e. The molecule has 0 radical (unpaired) electrons. The topological polar surface area (TPSA) is 77.4 Å². The molecule has 0 aliphatic rings. The van der Waals surface area contributed by atoms with Crippen LogP contribution in [0.2, 0.25) is 0 Å². The fraction of sp³-hybridized carbons (Fsp3) is 0.429. The van der Waals surface area contributed by atoms with Crippen LogP contribution in [-0.2, 0) is 13.1 Å². The van der Waals surface area contributed by atoms with E-state index in [0.29, 0.717) is 18.3 Å². The van der Waals surface area contributed by atoms with E-state index in [4.69, 9.17) is 15.0 Å². The predicted molar refractivity (Wildman–Crippen MR) is 75.1 cm³/mol. The molecule has 1 atom stereocenters. The zero-order valence-corrected chi connectivity index (χ0v) is 12.0. The third-order valence-corrected chi connectivity index (χ3v) is 3.33. The Morgan fingerprint density at radius 1 is 1.35 bits per heavy atom. The molecule has 6 heteroatoms. The Morgan fingerprint density at radius 3 is 2.60 bits per heavy atom. The van der Waals surface area contributed by atoms with Crippen LogP contribution in [-0.4, -0.2) is 29.2 Å². The van der Waals surface area contributed by atoms with Crippen molar-refractivity contribution >= 4 is 0 Å². The van der Waals surface area contributed by atoms with E-state index in [1.165, 1.54) is 5.56 Å². The van der Waals surface area contributed by atoms with Crippen LogP contribution >= 0.6 is 0 Å². The molecule has 1 aromatic heterocycles. The lowest BCUT2D eigenvalue weighted by atomic mass is 10.1. The normalized spacial score (nSPS) is 12.7. The van der Waals surface area contributed by atoms with Gasteiger partial charge in [-0.05, 0) is 31.7 Å². The quantitative estimate of drug-likeness (QED) is 0.865. The molecule has 0 aliphatic heterocycles. The lowest BCUT2D eigenvalue weighted by Gasteiger charge is -2.23. The highest BCUT2D eigenvalue weighted by molar-refractivity contribution is 5.28. The van der Waals surface area contributed by atoms with Crippen molar-refractivity contribution in [1.82, 2.24) is 15.0 Å². The van der Waals surface area contributed by atoms with E-state index in [1.54, 1.807) is 7.11 Å². The van der Waals surface area contributed by atoms with Gasteiger partial charge in [0.2, 0.25) is 5.89 Å². The summed E-state index contributed by atoms with van der Waals surface area (Å²) in [7, 11) is 3.68.